The van der Waals surface area contributed by atoms with Gasteiger partial charge in [-0.15, -0.1) is 11.3 Å². The lowest BCUT2D eigenvalue weighted by Gasteiger charge is -2.38. The summed E-state index contributed by atoms with van der Waals surface area (Å²) in [7, 11) is -4.79. The van der Waals surface area contributed by atoms with Crippen molar-refractivity contribution in [2.45, 2.75) is 35.1 Å². The average Bonchev–Trinajstić information content (AvgIpc) is 3.51. The Bertz CT molecular complexity index is 1580. The molecule has 0 spiro atoms. The van der Waals surface area contributed by atoms with E-state index in [4.69, 9.17) is 9.47 Å². The van der Waals surface area contributed by atoms with Crippen molar-refractivity contribution in [3.63, 3.8) is 0 Å². The van der Waals surface area contributed by atoms with Crippen molar-refractivity contribution in [1.82, 2.24) is 9.21 Å². The lowest BCUT2D eigenvalue weighted by atomic mass is 9.99. The second-order valence-corrected chi connectivity index (χ2v) is 14.7. The number of carbonyl (C=O) groups is 1. The number of fused-ring (bicyclic) bond motifs is 1. The van der Waals surface area contributed by atoms with E-state index in [-0.39, 0.29) is 51.7 Å². The van der Waals surface area contributed by atoms with Gasteiger partial charge in [-0.2, -0.15) is 4.31 Å². The molecule has 222 valence electrons. The summed E-state index contributed by atoms with van der Waals surface area (Å²) in [5, 5.41) is 11.5. The highest BCUT2D eigenvalue weighted by atomic mass is 32.2. The molecule has 0 aliphatic carbocycles. The Hall–Kier alpha value is -3.17. The molecule has 0 bridgehead atoms. The molecule has 2 aromatic carbocycles. The molecule has 0 unspecified atom stereocenters. The van der Waals surface area contributed by atoms with Crippen molar-refractivity contribution in [3.05, 3.63) is 65.5 Å². The van der Waals surface area contributed by atoms with E-state index < -0.39 is 38.1 Å². The summed E-state index contributed by atoms with van der Waals surface area (Å²) in [5.41, 5.74) is 0.254. The summed E-state index contributed by atoms with van der Waals surface area (Å²) < 4.78 is 67.4. The van der Waals surface area contributed by atoms with E-state index in [1.807, 2.05) is 6.92 Å². The number of nitrogens with zero attached hydrogens (tertiary/aromatic N) is 2. The van der Waals surface area contributed by atoms with Gasteiger partial charge in [-0.3, -0.25) is 9.52 Å². The van der Waals surface area contributed by atoms with Crippen LogP contribution >= 0.6 is 11.3 Å². The van der Waals surface area contributed by atoms with Gasteiger partial charge in [0, 0.05) is 25.2 Å². The van der Waals surface area contributed by atoms with Gasteiger partial charge in [0.25, 0.3) is 15.9 Å². The predicted molar refractivity (Wildman–Crippen MR) is 156 cm³/mol. The topological polar surface area (TPSA) is 143 Å². The lowest BCUT2D eigenvalue weighted by molar-refractivity contribution is 0.0387. The van der Waals surface area contributed by atoms with Crippen molar-refractivity contribution in [3.8, 4) is 11.5 Å². The Morgan fingerprint density at radius 3 is 2.49 bits per heavy atom. The molecule has 3 aromatic rings. The molecule has 2 N–H and O–H groups in total. The number of sulfonamides is 2. The van der Waals surface area contributed by atoms with Crippen LogP contribution in [0.15, 0.2) is 69.1 Å². The minimum Gasteiger partial charge on any atom is -0.497 e. The number of methoxy groups -OCH3 is 1. The molecule has 41 heavy (non-hydrogen) atoms. The first-order valence-electron chi connectivity index (χ1n) is 12.8. The van der Waals surface area contributed by atoms with Crippen LogP contribution in [0.3, 0.4) is 0 Å². The first-order valence-corrected chi connectivity index (χ1v) is 16.6. The summed E-state index contributed by atoms with van der Waals surface area (Å²) in [6.07, 6.45) is -0.679. The molecule has 0 radical (unpaired) electrons. The first-order chi connectivity index (χ1) is 19.4. The third-order valence-corrected chi connectivity index (χ3v) is 11.5. The van der Waals surface area contributed by atoms with Crippen LogP contribution < -0.4 is 14.2 Å². The van der Waals surface area contributed by atoms with E-state index in [0.717, 1.165) is 11.3 Å². The summed E-state index contributed by atoms with van der Waals surface area (Å²) >= 11 is 1.06. The van der Waals surface area contributed by atoms with Gasteiger partial charge < -0.3 is 19.5 Å². The molecule has 1 aliphatic rings. The van der Waals surface area contributed by atoms with Crippen LogP contribution in [0.1, 0.15) is 24.2 Å². The highest BCUT2D eigenvalue weighted by Gasteiger charge is 2.35. The third kappa shape index (κ3) is 6.67. The van der Waals surface area contributed by atoms with Crippen LogP contribution in [0.5, 0.6) is 11.5 Å². The highest BCUT2D eigenvalue weighted by molar-refractivity contribution is 7.94. The number of likely N-dealkylation sites (N-methyl/N-ethyl adjacent to an activating group) is 1. The molecule has 3 atom stereocenters. The molecule has 4 rings (SSSR count). The summed E-state index contributed by atoms with van der Waals surface area (Å²) in [4.78, 5) is 15.2. The highest BCUT2D eigenvalue weighted by Crippen LogP contribution is 2.32. The fourth-order valence-electron chi connectivity index (χ4n) is 4.40. The summed E-state index contributed by atoms with van der Waals surface area (Å²) in [6, 6.07) is 13.0. The van der Waals surface area contributed by atoms with E-state index in [1.54, 1.807) is 30.5 Å². The Kier molecular flexibility index (Phi) is 9.29. The Labute approximate surface area is 244 Å². The Balaban J connectivity index is 1.66. The van der Waals surface area contributed by atoms with Crippen molar-refractivity contribution >= 4 is 43.0 Å². The molecule has 11 nitrogen and oxygen atoms in total. The number of amides is 1. The molecule has 2 heterocycles. The van der Waals surface area contributed by atoms with E-state index >= 15 is 0 Å². The van der Waals surface area contributed by atoms with E-state index in [0.29, 0.717) is 5.75 Å². The molecule has 1 aromatic heterocycles. The minimum absolute atomic E-state index is 0.0305. The van der Waals surface area contributed by atoms with Gasteiger partial charge in [0.1, 0.15) is 21.8 Å². The van der Waals surface area contributed by atoms with Gasteiger partial charge in [0.2, 0.25) is 10.0 Å². The van der Waals surface area contributed by atoms with Crippen LogP contribution in [0.2, 0.25) is 0 Å². The molecule has 0 saturated carbocycles. The van der Waals surface area contributed by atoms with Crippen molar-refractivity contribution in [1.29, 1.82) is 0 Å². The summed E-state index contributed by atoms with van der Waals surface area (Å²) in [5.74, 6) is -0.0640. The van der Waals surface area contributed by atoms with Crippen LogP contribution in [-0.2, 0) is 20.0 Å². The minimum atomic E-state index is -3.88. The Morgan fingerprint density at radius 1 is 1.17 bits per heavy atom. The average molecular weight is 624 g/mol. The monoisotopic (exact) mass is 623 g/mol. The number of hydrogen-bond acceptors (Lipinski definition) is 9. The zero-order valence-electron chi connectivity index (χ0n) is 23.1. The third-order valence-electron chi connectivity index (χ3n) is 6.88. The number of aliphatic hydroxyl groups excluding tert-OH is 1. The van der Waals surface area contributed by atoms with Crippen molar-refractivity contribution in [2.24, 2.45) is 5.92 Å². The van der Waals surface area contributed by atoms with Crippen LogP contribution in [0.25, 0.3) is 0 Å². The second kappa shape index (κ2) is 12.4. The van der Waals surface area contributed by atoms with Crippen LogP contribution in [-0.4, -0.2) is 83.1 Å². The predicted octanol–water partition coefficient (Wildman–Crippen LogP) is 3.10. The number of nitrogens with one attached hydrogen (secondary N) is 1. The van der Waals surface area contributed by atoms with Crippen molar-refractivity contribution in [2.75, 3.05) is 38.6 Å². The van der Waals surface area contributed by atoms with Gasteiger partial charge in [0.05, 0.1) is 36.8 Å². The molecule has 1 aliphatic heterocycles. The number of ether oxygens (including phenoxy) is 2. The smallest absolute Gasteiger partial charge is 0.271 e. The van der Waals surface area contributed by atoms with Crippen LogP contribution in [0.4, 0.5) is 5.69 Å². The Morgan fingerprint density at radius 2 is 1.88 bits per heavy atom. The standard InChI is InChI=1S/C27H33N3O8S3/c1-18-15-30(19(2)17-31)27(32)23-14-20(28-40(33,34)26-6-5-13-39-26)7-12-24(23)38-25(18)16-29(3)41(35,36)22-10-8-21(37-4)9-11-22/h5-14,18-19,25,28,31H,15-17H2,1-4H3/t18-,19+,25-/m0/s1. The molecule has 14 heteroatoms. The van der Waals surface area contributed by atoms with Gasteiger partial charge in [-0.05, 0) is 60.8 Å². The quantitative estimate of drug-likeness (QED) is 0.351. The SMILES string of the molecule is COc1ccc(S(=O)(=O)N(C)C[C@@H]2Oc3ccc(NS(=O)(=O)c4cccs4)cc3C(=O)N([C@H](C)CO)C[C@@H]2C)cc1. The maximum atomic E-state index is 13.7. The number of thiophene rings is 1. The second-order valence-electron chi connectivity index (χ2n) is 9.83. The first kappa shape index (κ1) is 30.8. The number of benzene rings is 2. The number of anilines is 1. The molecular formula is C27H33N3O8S3. The van der Waals surface area contributed by atoms with Crippen molar-refractivity contribution < 1.29 is 36.2 Å². The number of hydrogen-bond donors (Lipinski definition) is 2. The summed E-state index contributed by atoms with van der Waals surface area (Å²) in [6.45, 7) is 3.39. The number of rotatable bonds is 10. The molecule has 1 amide bonds. The molecule has 0 fully saturated rings. The maximum absolute atomic E-state index is 13.7. The van der Waals surface area contributed by atoms with E-state index in [2.05, 4.69) is 4.72 Å². The van der Waals surface area contributed by atoms with Gasteiger partial charge in [0.15, 0.2) is 0 Å². The zero-order chi connectivity index (χ0) is 29.9. The fourth-order valence-corrected chi connectivity index (χ4v) is 7.63. The maximum Gasteiger partial charge on any atom is 0.271 e. The number of aliphatic hydroxyl groups is 1. The molecular weight excluding hydrogens is 591 g/mol. The largest absolute Gasteiger partial charge is 0.497 e. The fraction of sp³-hybridized carbons (Fsp3) is 0.370. The van der Waals surface area contributed by atoms with E-state index in [9.17, 15) is 26.7 Å². The van der Waals surface area contributed by atoms with Gasteiger partial charge in [-0.1, -0.05) is 13.0 Å². The number of carbonyl (C=O) groups excluding carboxylic acids is 1. The van der Waals surface area contributed by atoms with Crippen LogP contribution in [0, 0.1) is 5.92 Å². The molecule has 0 saturated heterocycles. The normalized spacial score (nSPS) is 18.7. The lowest BCUT2D eigenvalue weighted by Crippen LogP contribution is -2.50. The zero-order valence-corrected chi connectivity index (χ0v) is 25.5. The van der Waals surface area contributed by atoms with E-state index in [1.165, 1.54) is 59.8 Å². The van der Waals surface area contributed by atoms with Gasteiger partial charge >= 0.3 is 0 Å². The van der Waals surface area contributed by atoms with Gasteiger partial charge in [-0.25, -0.2) is 16.8 Å².